The number of rotatable bonds is 4. The lowest BCUT2D eigenvalue weighted by molar-refractivity contribution is 0.499. The van der Waals surface area contributed by atoms with Crippen molar-refractivity contribution in [1.29, 1.82) is 0 Å². The fourth-order valence-corrected chi connectivity index (χ4v) is 2.07. The Kier molecular flexibility index (Phi) is 3.18. The van der Waals surface area contributed by atoms with Gasteiger partial charge in [-0.3, -0.25) is 0 Å². The SMILES string of the molecule is Cc1cc(CNCc2cscn2)c(C)o1. The Labute approximate surface area is 93.2 Å². The van der Waals surface area contributed by atoms with Crippen molar-refractivity contribution in [1.82, 2.24) is 10.3 Å². The molecule has 0 amide bonds. The van der Waals surface area contributed by atoms with Crippen LogP contribution in [-0.2, 0) is 13.1 Å². The number of nitrogens with one attached hydrogen (secondary N) is 1. The molecule has 0 fully saturated rings. The van der Waals surface area contributed by atoms with Crippen LogP contribution in [0.15, 0.2) is 21.4 Å². The molecular formula is C11H14N2OS. The fourth-order valence-electron chi connectivity index (χ4n) is 1.51. The van der Waals surface area contributed by atoms with E-state index in [1.807, 2.05) is 19.4 Å². The molecule has 0 radical (unpaired) electrons. The normalized spacial score (nSPS) is 10.8. The van der Waals surface area contributed by atoms with E-state index in [0.717, 1.165) is 30.3 Å². The summed E-state index contributed by atoms with van der Waals surface area (Å²) in [5.41, 5.74) is 4.17. The smallest absolute Gasteiger partial charge is 0.105 e. The molecule has 80 valence electrons. The summed E-state index contributed by atoms with van der Waals surface area (Å²) < 4.78 is 5.45. The van der Waals surface area contributed by atoms with Crippen LogP contribution in [0.25, 0.3) is 0 Å². The summed E-state index contributed by atoms with van der Waals surface area (Å²) in [6.45, 7) is 5.61. The van der Waals surface area contributed by atoms with Crippen molar-refractivity contribution < 1.29 is 4.42 Å². The molecule has 4 heteroatoms. The van der Waals surface area contributed by atoms with E-state index in [-0.39, 0.29) is 0 Å². The Morgan fingerprint density at radius 2 is 2.27 bits per heavy atom. The molecule has 0 aliphatic carbocycles. The maximum Gasteiger partial charge on any atom is 0.105 e. The summed E-state index contributed by atoms with van der Waals surface area (Å²) in [6.07, 6.45) is 0. The first-order valence-electron chi connectivity index (χ1n) is 4.89. The molecule has 0 saturated heterocycles. The van der Waals surface area contributed by atoms with Gasteiger partial charge in [-0.2, -0.15) is 0 Å². The van der Waals surface area contributed by atoms with E-state index >= 15 is 0 Å². The van der Waals surface area contributed by atoms with Gasteiger partial charge in [0.1, 0.15) is 11.5 Å². The second-order valence-electron chi connectivity index (χ2n) is 3.52. The number of aryl methyl sites for hydroxylation is 2. The summed E-state index contributed by atoms with van der Waals surface area (Å²) in [4.78, 5) is 4.21. The standard InChI is InChI=1S/C11H14N2OS/c1-8-3-10(9(2)14-8)4-12-5-11-6-15-7-13-11/h3,6-7,12H,4-5H2,1-2H3. The van der Waals surface area contributed by atoms with Gasteiger partial charge in [0.25, 0.3) is 0 Å². The van der Waals surface area contributed by atoms with E-state index < -0.39 is 0 Å². The third-order valence-corrected chi connectivity index (χ3v) is 2.88. The van der Waals surface area contributed by atoms with Crippen LogP contribution in [0.5, 0.6) is 0 Å². The molecule has 1 N–H and O–H groups in total. The van der Waals surface area contributed by atoms with E-state index in [4.69, 9.17) is 4.42 Å². The first kappa shape index (κ1) is 10.4. The zero-order chi connectivity index (χ0) is 10.7. The van der Waals surface area contributed by atoms with Crippen molar-refractivity contribution in [3.05, 3.63) is 39.7 Å². The Morgan fingerprint density at radius 1 is 1.40 bits per heavy atom. The molecular weight excluding hydrogens is 208 g/mol. The Morgan fingerprint density at radius 3 is 2.87 bits per heavy atom. The summed E-state index contributed by atoms with van der Waals surface area (Å²) in [5, 5.41) is 5.40. The van der Waals surface area contributed by atoms with Crippen LogP contribution in [0.2, 0.25) is 0 Å². The maximum absolute atomic E-state index is 5.45. The largest absolute Gasteiger partial charge is 0.466 e. The highest BCUT2D eigenvalue weighted by atomic mass is 32.1. The van der Waals surface area contributed by atoms with E-state index in [1.165, 1.54) is 5.56 Å². The van der Waals surface area contributed by atoms with Gasteiger partial charge in [-0.25, -0.2) is 4.98 Å². The van der Waals surface area contributed by atoms with Crippen LogP contribution in [-0.4, -0.2) is 4.98 Å². The lowest BCUT2D eigenvalue weighted by Crippen LogP contribution is -2.12. The Bertz CT molecular complexity index is 420. The molecule has 0 aliphatic rings. The molecule has 0 atom stereocenters. The highest BCUT2D eigenvalue weighted by molar-refractivity contribution is 7.07. The third kappa shape index (κ3) is 2.67. The zero-order valence-corrected chi connectivity index (χ0v) is 9.73. The maximum atomic E-state index is 5.45. The minimum Gasteiger partial charge on any atom is -0.466 e. The molecule has 2 aromatic rings. The van der Waals surface area contributed by atoms with Crippen molar-refractivity contribution in [2.75, 3.05) is 0 Å². The van der Waals surface area contributed by atoms with E-state index in [1.54, 1.807) is 11.3 Å². The molecule has 0 unspecified atom stereocenters. The topological polar surface area (TPSA) is 38.1 Å². The summed E-state index contributed by atoms with van der Waals surface area (Å²) >= 11 is 1.62. The van der Waals surface area contributed by atoms with Gasteiger partial charge in [0.05, 0.1) is 11.2 Å². The summed E-state index contributed by atoms with van der Waals surface area (Å²) in [5.74, 6) is 1.97. The first-order chi connectivity index (χ1) is 7.25. The monoisotopic (exact) mass is 222 g/mol. The number of furan rings is 1. The molecule has 0 spiro atoms. The van der Waals surface area contributed by atoms with Gasteiger partial charge in [-0.05, 0) is 19.9 Å². The molecule has 3 nitrogen and oxygen atoms in total. The Balaban J connectivity index is 1.86. The Hall–Kier alpha value is -1.13. The third-order valence-electron chi connectivity index (χ3n) is 2.25. The van der Waals surface area contributed by atoms with Crippen molar-refractivity contribution in [2.45, 2.75) is 26.9 Å². The van der Waals surface area contributed by atoms with E-state index in [9.17, 15) is 0 Å². The second-order valence-corrected chi connectivity index (χ2v) is 4.24. The first-order valence-corrected chi connectivity index (χ1v) is 5.83. The van der Waals surface area contributed by atoms with Gasteiger partial charge in [-0.15, -0.1) is 11.3 Å². The average molecular weight is 222 g/mol. The van der Waals surface area contributed by atoms with Gasteiger partial charge in [0, 0.05) is 24.0 Å². The molecule has 15 heavy (non-hydrogen) atoms. The van der Waals surface area contributed by atoms with Crippen molar-refractivity contribution >= 4 is 11.3 Å². The zero-order valence-electron chi connectivity index (χ0n) is 8.91. The number of hydrogen-bond donors (Lipinski definition) is 1. The number of nitrogens with zero attached hydrogens (tertiary/aromatic N) is 1. The van der Waals surface area contributed by atoms with Crippen LogP contribution in [0, 0.1) is 13.8 Å². The van der Waals surface area contributed by atoms with Crippen LogP contribution in [0.4, 0.5) is 0 Å². The molecule has 0 bridgehead atoms. The molecule has 2 rings (SSSR count). The average Bonchev–Trinajstić information content (AvgIpc) is 2.77. The van der Waals surface area contributed by atoms with Gasteiger partial charge in [0.15, 0.2) is 0 Å². The van der Waals surface area contributed by atoms with Gasteiger partial charge in [0.2, 0.25) is 0 Å². The molecule has 0 saturated carbocycles. The van der Waals surface area contributed by atoms with E-state index in [2.05, 4.69) is 21.7 Å². The minimum atomic E-state index is 0.813. The van der Waals surface area contributed by atoms with E-state index in [0.29, 0.717) is 0 Å². The van der Waals surface area contributed by atoms with Crippen molar-refractivity contribution in [2.24, 2.45) is 0 Å². The predicted octanol–water partition coefficient (Wildman–Crippen LogP) is 2.64. The molecule has 2 aromatic heterocycles. The van der Waals surface area contributed by atoms with Crippen molar-refractivity contribution in [3.63, 3.8) is 0 Å². The number of thiazole rings is 1. The van der Waals surface area contributed by atoms with Gasteiger partial charge < -0.3 is 9.73 Å². The summed E-state index contributed by atoms with van der Waals surface area (Å²) in [6, 6.07) is 2.07. The molecule has 0 aliphatic heterocycles. The van der Waals surface area contributed by atoms with Gasteiger partial charge in [-0.1, -0.05) is 0 Å². The van der Waals surface area contributed by atoms with Gasteiger partial charge >= 0.3 is 0 Å². The van der Waals surface area contributed by atoms with Crippen molar-refractivity contribution in [3.8, 4) is 0 Å². The second kappa shape index (κ2) is 4.59. The van der Waals surface area contributed by atoms with Crippen LogP contribution >= 0.6 is 11.3 Å². The van der Waals surface area contributed by atoms with Crippen LogP contribution < -0.4 is 5.32 Å². The highest BCUT2D eigenvalue weighted by Gasteiger charge is 2.03. The van der Waals surface area contributed by atoms with Crippen LogP contribution in [0.3, 0.4) is 0 Å². The quantitative estimate of drug-likeness (QED) is 0.864. The molecule has 2 heterocycles. The lowest BCUT2D eigenvalue weighted by Gasteiger charge is -2.00. The predicted molar refractivity (Wildman–Crippen MR) is 60.8 cm³/mol. The summed E-state index contributed by atoms with van der Waals surface area (Å²) in [7, 11) is 0. The number of aromatic nitrogens is 1. The van der Waals surface area contributed by atoms with Crippen LogP contribution in [0.1, 0.15) is 22.8 Å². The fraction of sp³-hybridized carbons (Fsp3) is 0.364. The molecule has 0 aromatic carbocycles. The number of hydrogen-bond acceptors (Lipinski definition) is 4. The lowest BCUT2D eigenvalue weighted by atomic mass is 10.2. The highest BCUT2D eigenvalue weighted by Crippen LogP contribution is 2.13. The minimum absolute atomic E-state index is 0.813.